The third-order valence-corrected chi connectivity index (χ3v) is 6.48. The van der Waals surface area contributed by atoms with E-state index in [-0.39, 0.29) is 16.9 Å². The molecule has 9 nitrogen and oxygen atoms in total. The van der Waals surface area contributed by atoms with Gasteiger partial charge in [-0.2, -0.15) is 8.42 Å². The van der Waals surface area contributed by atoms with Crippen LogP contribution in [0.4, 0.5) is 0 Å². The zero-order valence-electron chi connectivity index (χ0n) is 18.5. The molecule has 0 unspecified atom stereocenters. The van der Waals surface area contributed by atoms with E-state index in [1.807, 2.05) is 12.1 Å². The second kappa shape index (κ2) is 9.62. The number of nitrogens with zero attached hydrogens (tertiary/aromatic N) is 2. The minimum atomic E-state index is -4.39. The average Bonchev–Trinajstić information content (AvgIpc) is 2.83. The molecule has 2 heterocycles. The SMILES string of the molecule is COCCOc1cnc2ccn([C@H](C)C(=O)OS(=O)(=O)c3ccc4ccccc4c3)c(=O)c2c1. The van der Waals surface area contributed by atoms with Gasteiger partial charge in [0, 0.05) is 13.3 Å². The van der Waals surface area contributed by atoms with Gasteiger partial charge in [0.25, 0.3) is 5.56 Å². The fourth-order valence-corrected chi connectivity index (χ4v) is 4.36. The highest BCUT2D eigenvalue weighted by atomic mass is 32.2. The van der Waals surface area contributed by atoms with Crippen molar-refractivity contribution in [3.8, 4) is 5.75 Å². The minimum Gasteiger partial charge on any atom is -0.490 e. The molecule has 0 amide bonds. The second-order valence-electron chi connectivity index (χ2n) is 7.51. The standard InChI is InChI=1S/C24H22N2O7S/c1-16(24(28)33-34(29,30)20-8-7-17-5-3-4-6-18(17)13-20)26-10-9-22-21(23(26)27)14-19(15-25-22)32-12-11-31-2/h3-10,13-16H,11-12H2,1-2H3/t16-/m1/s1. The number of benzene rings is 2. The van der Waals surface area contributed by atoms with Gasteiger partial charge in [-0.1, -0.05) is 30.3 Å². The molecule has 1 atom stereocenters. The van der Waals surface area contributed by atoms with Crippen LogP contribution in [-0.4, -0.2) is 44.3 Å². The second-order valence-corrected chi connectivity index (χ2v) is 9.06. The summed E-state index contributed by atoms with van der Waals surface area (Å²) in [5.74, 6) is -0.719. The third-order valence-electron chi connectivity index (χ3n) is 5.27. The van der Waals surface area contributed by atoms with Gasteiger partial charge in [-0.05, 0) is 42.0 Å². The monoisotopic (exact) mass is 482 g/mol. The Hall–Kier alpha value is -3.76. The average molecular weight is 483 g/mol. The molecule has 0 bridgehead atoms. The number of pyridine rings is 2. The minimum absolute atomic E-state index is 0.153. The van der Waals surface area contributed by atoms with Crippen molar-refractivity contribution >= 4 is 37.8 Å². The molecule has 0 fully saturated rings. The summed E-state index contributed by atoms with van der Waals surface area (Å²) in [6, 6.07) is 13.5. The van der Waals surface area contributed by atoms with Gasteiger partial charge in [0.1, 0.15) is 23.3 Å². The Labute approximate surface area is 195 Å². The number of aromatic nitrogens is 2. The normalized spacial score (nSPS) is 12.5. The Morgan fingerprint density at radius 3 is 2.59 bits per heavy atom. The van der Waals surface area contributed by atoms with Crippen molar-refractivity contribution in [1.82, 2.24) is 9.55 Å². The largest absolute Gasteiger partial charge is 0.490 e. The van der Waals surface area contributed by atoms with E-state index in [0.29, 0.717) is 23.3 Å². The number of hydrogen-bond acceptors (Lipinski definition) is 8. The van der Waals surface area contributed by atoms with E-state index in [0.717, 1.165) is 9.95 Å². The van der Waals surface area contributed by atoms with Crippen molar-refractivity contribution in [1.29, 1.82) is 0 Å². The molecule has 0 aliphatic rings. The fourth-order valence-electron chi connectivity index (χ4n) is 3.41. The van der Waals surface area contributed by atoms with Crippen molar-refractivity contribution in [3.63, 3.8) is 0 Å². The Bertz CT molecular complexity index is 1530. The first-order valence-electron chi connectivity index (χ1n) is 10.4. The molecular weight excluding hydrogens is 460 g/mol. The third kappa shape index (κ3) is 4.78. The number of hydrogen-bond donors (Lipinski definition) is 0. The Morgan fingerprint density at radius 1 is 1.06 bits per heavy atom. The molecule has 10 heteroatoms. The molecule has 0 saturated carbocycles. The molecule has 0 N–H and O–H groups in total. The van der Waals surface area contributed by atoms with Crippen molar-refractivity contribution in [2.75, 3.05) is 20.3 Å². The maximum atomic E-state index is 13.0. The van der Waals surface area contributed by atoms with Crippen LogP contribution in [0.15, 0.2) is 76.7 Å². The predicted molar refractivity (Wildman–Crippen MR) is 125 cm³/mol. The van der Waals surface area contributed by atoms with Crippen LogP contribution in [0.5, 0.6) is 5.75 Å². The number of ether oxygens (including phenoxy) is 2. The number of fused-ring (bicyclic) bond motifs is 2. The van der Waals surface area contributed by atoms with Crippen LogP contribution in [0.3, 0.4) is 0 Å². The molecule has 0 aliphatic heterocycles. The molecule has 0 radical (unpaired) electrons. The van der Waals surface area contributed by atoms with E-state index in [4.69, 9.17) is 13.7 Å². The van der Waals surface area contributed by atoms with Crippen LogP contribution in [0.25, 0.3) is 21.7 Å². The Morgan fingerprint density at radius 2 is 1.82 bits per heavy atom. The number of rotatable bonds is 8. The number of methoxy groups -OCH3 is 1. The fraction of sp³-hybridized carbons (Fsp3) is 0.208. The van der Waals surface area contributed by atoms with Crippen LogP contribution in [0, 0.1) is 0 Å². The summed E-state index contributed by atoms with van der Waals surface area (Å²) >= 11 is 0. The van der Waals surface area contributed by atoms with Gasteiger partial charge in [-0.15, -0.1) is 0 Å². The molecule has 176 valence electrons. The van der Waals surface area contributed by atoms with Crippen LogP contribution in [-0.2, 0) is 23.8 Å². The molecule has 34 heavy (non-hydrogen) atoms. The molecule has 2 aromatic carbocycles. The quantitative estimate of drug-likeness (QED) is 0.278. The summed E-state index contributed by atoms with van der Waals surface area (Å²) in [5.41, 5.74) is -0.126. The van der Waals surface area contributed by atoms with E-state index in [1.165, 1.54) is 37.5 Å². The Kier molecular flexibility index (Phi) is 6.62. The van der Waals surface area contributed by atoms with E-state index in [2.05, 4.69) is 4.98 Å². The van der Waals surface area contributed by atoms with E-state index >= 15 is 0 Å². The summed E-state index contributed by atoms with van der Waals surface area (Å²) in [6.45, 7) is 2.03. The van der Waals surface area contributed by atoms with Gasteiger partial charge in [-0.3, -0.25) is 9.78 Å². The lowest BCUT2D eigenvalue weighted by molar-refractivity contribution is -0.137. The van der Waals surface area contributed by atoms with Crippen molar-refractivity contribution in [3.05, 3.63) is 77.3 Å². The van der Waals surface area contributed by atoms with Gasteiger partial charge < -0.3 is 18.2 Å². The molecular formula is C24H22N2O7S. The van der Waals surface area contributed by atoms with Gasteiger partial charge >= 0.3 is 16.1 Å². The first kappa shape index (κ1) is 23.4. The van der Waals surface area contributed by atoms with Crippen LogP contribution >= 0.6 is 0 Å². The lowest BCUT2D eigenvalue weighted by atomic mass is 10.1. The molecule has 0 aliphatic carbocycles. The predicted octanol–water partition coefficient (Wildman–Crippen LogP) is 3.07. The first-order valence-corrected chi connectivity index (χ1v) is 11.8. The summed E-state index contributed by atoms with van der Waals surface area (Å²) in [7, 11) is -2.85. The highest BCUT2D eigenvalue weighted by molar-refractivity contribution is 7.87. The highest BCUT2D eigenvalue weighted by Crippen LogP contribution is 2.22. The van der Waals surface area contributed by atoms with Crippen molar-refractivity contribution < 1.29 is 26.9 Å². The van der Waals surface area contributed by atoms with Gasteiger partial charge in [-0.25, -0.2) is 4.79 Å². The summed E-state index contributed by atoms with van der Waals surface area (Å²) < 4.78 is 41.8. The molecule has 0 spiro atoms. The van der Waals surface area contributed by atoms with Crippen LogP contribution < -0.4 is 10.3 Å². The maximum Gasteiger partial charge on any atom is 0.345 e. The Balaban J connectivity index is 1.59. The highest BCUT2D eigenvalue weighted by Gasteiger charge is 2.26. The van der Waals surface area contributed by atoms with Gasteiger partial charge in [0.2, 0.25) is 0 Å². The van der Waals surface area contributed by atoms with Gasteiger partial charge in [0.05, 0.1) is 23.7 Å². The topological polar surface area (TPSA) is 114 Å². The zero-order chi connectivity index (χ0) is 24.3. The molecule has 4 aromatic rings. The molecule has 2 aromatic heterocycles. The first-order chi connectivity index (χ1) is 16.3. The maximum absolute atomic E-state index is 13.0. The van der Waals surface area contributed by atoms with Crippen molar-refractivity contribution in [2.45, 2.75) is 17.9 Å². The zero-order valence-corrected chi connectivity index (χ0v) is 19.3. The smallest absolute Gasteiger partial charge is 0.345 e. The van der Waals surface area contributed by atoms with Crippen LogP contribution in [0.1, 0.15) is 13.0 Å². The van der Waals surface area contributed by atoms with Crippen LogP contribution in [0.2, 0.25) is 0 Å². The van der Waals surface area contributed by atoms with E-state index < -0.39 is 27.7 Å². The molecule has 4 rings (SSSR count). The summed E-state index contributed by atoms with van der Waals surface area (Å²) in [6.07, 6.45) is 2.85. The molecule has 0 saturated heterocycles. The van der Waals surface area contributed by atoms with E-state index in [9.17, 15) is 18.0 Å². The summed E-state index contributed by atoms with van der Waals surface area (Å²) in [4.78, 5) is 29.8. The van der Waals surface area contributed by atoms with Crippen molar-refractivity contribution in [2.24, 2.45) is 0 Å². The number of carbonyl (C=O) groups excluding carboxylic acids is 1. The van der Waals surface area contributed by atoms with E-state index in [1.54, 1.807) is 31.4 Å². The summed E-state index contributed by atoms with van der Waals surface area (Å²) in [5, 5.41) is 1.76. The number of carbonyl (C=O) groups is 1. The lowest BCUT2D eigenvalue weighted by Crippen LogP contribution is -2.30. The lowest BCUT2D eigenvalue weighted by Gasteiger charge is -2.15. The van der Waals surface area contributed by atoms with Gasteiger partial charge in [0.15, 0.2) is 0 Å².